The second kappa shape index (κ2) is 7.04. The van der Waals surface area contributed by atoms with E-state index in [2.05, 4.69) is 5.32 Å². The predicted molar refractivity (Wildman–Crippen MR) is 80.7 cm³/mol. The highest BCUT2D eigenvalue weighted by molar-refractivity contribution is 8.93. The van der Waals surface area contributed by atoms with Crippen molar-refractivity contribution in [3.05, 3.63) is 65.5 Å². The fourth-order valence-electron chi connectivity index (χ4n) is 1.59. The van der Waals surface area contributed by atoms with Crippen LogP contribution in [0.2, 0.25) is 0 Å². The monoisotopic (exact) mass is 323 g/mol. The molecule has 2 nitrogen and oxygen atoms in total. The first-order valence-corrected chi connectivity index (χ1v) is 5.74. The molecule has 2 aromatic carbocycles. The largest absolute Gasteiger partial charge is 0.378 e. The highest BCUT2D eigenvalue weighted by atomic mass is 79.9. The van der Waals surface area contributed by atoms with Crippen molar-refractivity contribution < 1.29 is 9.18 Å². The highest BCUT2D eigenvalue weighted by Gasteiger charge is 2.04. The van der Waals surface area contributed by atoms with Crippen molar-refractivity contribution in [1.82, 2.24) is 0 Å². The maximum Gasteiger partial charge on any atom is 0.181 e. The third kappa shape index (κ3) is 4.48. The first kappa shape index (κ1) is 15.4. The van der Waals surface area contributed by atoms with E-state index < -0.39 is 0 Å². The van der Waals surface area contributed by atoms with Gasteiger partial charge in [0.1, 0.15) is 5.82 Å². The second-order valence-electron chi connectivity index (χ2n) is 4.15. The molecule has 1 N–H and O–H groups in total. The highest BCUT2D eigenvalue weighted by Crippen LogP contribution is 2.09. The average Bonchev–Trinajstić information content (AvgIpc) is 2.38. The van der Waals surface area contributed by atoms with E-state index in [0.29, 0.717) is 5.56 Å². The van der Waals surface area contributed by atoms with E-state index in [-0.39, 0.29) is 35.1 Å². The van der Waals surface area contributed by atoms with Crippen molar-refractivity contribution in [2.45, 2.75) is 6.92 Å². The quantitative estimate of drug-likeness (QED) is 0.861. The Kier molecular flexibility index (Phi) is 5.70. The summed E-state index contributed by atoms with van der Waals surface area (Å²) in [7, 11) is 0. The van der Waals surface area contributed by atoms with Crippen LogP contribution >= 0.6 is 17.0 Å². The number of hydrogen-bond donors (Lipinski definition) is 1. The number of rotatable bonds is 4. The second-order valence-corrected chi connectivity index (χ2v) is 4.15. The standard InChI is InChI=1S/C15H14FNO.BrH/c1-11-2-4-12(5-3-11)15(18)10-17-14-8-6-13(16)7-9-14;/h2-9,17H,10H2,1H3;1H. The Morgan fingerprint density at radius 3 is 2.21 bits per heavy atom. The fourth-order valence-corrected chi connectivity index (χ4v) is 1.59. The third-order valence-corrected chi connectivity index (χ3v) is 2.67. The molecule has 0 unspecified atom stereocenters. The number of benzene rings is 2. The summed E-state index contributed by atoms with van der Waals surface area (Å²) in [6.45, 7) is 2.18. The zero-order valence-corrected chi connectivity index (χ0v) is 12.2. The lowest BCUT2D eigenvalue weighted by molar-refractivity contribution is 0.101. The number of hydrogen-bond acceptors (Lipinski definition) is 2. The summed E-state index contributed by atoms with van der Waals surface area (Å²) in [5.74, 6) is -0.273. The van der Waals surface area contributed by atoms with E-state index in [0.717, 1.165) is 11.3 Å². The first-order valence-electron chi connectivity index (χ1n) is 5.74. The Morgan fingerprint density at radius 1 is 1.05 bits per heavy atom. The van der Waals surface area contributed by atoms with E-state index >= 15 is 0 Å². The van der Waals surface area contributed by atoms with Crippen molar-refractivity contribution in [1.29, 1.82) is 0 Å². The van der Waals surface area contributed by atoms with Crippen LogP contribution in [0.5, 0.6) is 0 Å². The van der Waals surface area contributed by atoms with Crippen LogP contribution in [0.3, 0.4) is 0 Å². The minimum absolute atomic E-state index is 0. The number of ketones is 1. The summed E-state index contributed by atoms with van der Waals surface area (Å²) >= 11 is 0. The molecule has 0 saturated carbocycles. The summed E-state index contributed by atoms with van der Waals surface area (Å²) in [6.07, 6.45) is 0. The third-order valence-electron chi connectivity index (χ3n) is 2.67. The van der Waals surface area contributed by atoms with Gasteiger partial charge in [0.05, 0.1) is 6.54 Å². The van der Waals surface area contributed by atoms with E-state index in [9.17, 15) is 9.18 Å². The Balaban J connectivity index is 0.00000180. The first-order chi connectivity index (χ1) is 8.65. The van der Waals surface area contributed by atoms with Gasteiger partial charge in [-0.3, -0.25) is 4.79 Å². The Bertz CT molecular complexity index is 537. The SMILES string of the molecule is Br.Cc1ccc(C(=O)CNc2ccc(F)cc2)cc1. The van der Waals surface area contributed by atoms with Crippen LogP contribution in [0.1, 0.15) is 15.9 Å². The van der Waals surface area contributed by atoms with Gasteiger partial charge in [-0.05, 0) is 31.2 Å². The predicted octanol–water partition coefficient (Wildman–Crippen LogP) is 4.01. The Hall–Kier alpha value is -1.68. The minimum Gasteiger partial charge on any atom is -0.378 e. The molecule has 0 fully saturated rings. The van der Waals surface area contributed by atoms with Crippen molar-refractivity contribution >= 4 is 28.5 Å². The summed E-state index contributed by atoms with van der Waals surface area (Å²) in [5.41, 5.74) is 2.53. The van der Waals surface area contributed by atoms with Crippen molar-refractivity contribution in [3.8, 4) is 0 Å². The molecule has 19 heavy (non-hydrogen) atoms. The zero-order chi connectivity index (χ0) is 13.0. The number of Topliss-reactive ketones (excluding diaryl/α,β-unsaturated/α-hetero) is 1. The molecule has 2 rings (SSSR count). The number of halogens is 2. The summed E-state index contributed by atoms with van der Waals surface area (Å²) < 4.78 is 12.7. The number of aryl methyl sites for hydroxylation is 1. The van der Waals surface area contributed by atoms with Crippen LogP contribution in [0.25, 0.3) is 0 Å². The van der Waals surface area contributed by atoms with Crippen LogP contribution in [-0.4, -0.2) is 12.3 Å². The van der Waals surface area contributed by atoms with Gasteiger partial charge in [0, 0.05) is 11.3 Å². The maximum absolute atomic E-state index is 12.7. The molecule has 2 aromatic rings. The fraction of sp³-hybridized carbons (Fsp3) is 0.133. The normalized spacial score (nSPS) is 9.58. The van der Waals surface area contributed by atoms with Gasteiger partial charge in [0.25, 0.3) is 0 Å². The van der Waals surface area contributed by atoms with E-state index in [1.807, 2.05) is 31.2 Å². The molecule has 0 saturated heterocycles. The van der Waals surface area contributed by atoms with Crippen LogP contribution < -0.4 is 5.32 Å². The summed E-state index contributed by atoms with van der Waals surface area (Å²) in [5, 5.41) is 2.97. The van der Waals surface area contributed by atoms with Gasteiger partial charge in [0.2, 0.25) is 0 Å². The van der Waals surface area contributed by atoms with E-state index in [1.54, 1.807) is 12.1 Å². The smallest absolute Gasteiger partial charge is 0.181 e. The van der Waals surface area contributed by atoms with Crippen LogP contribution in [-0.2, 0) is 0 Å². The lowest BCUT2D eigenvalue weighted by Gasteiger charge is -2.05. The number of carbonyl (C=O) groups is 1. The molecule has 0 heterocycles. The van der Waals surface area contributed by atoms with Crippen LogP contribution in [0.15, 0.2) is 48.5 Å². The number of anilines is 1. The molecule has 0 bridgehead atoms. The van der Waals surface area contributed by atoms with E-state index in [4.69, 9.17) is 0 Å². The van der Waals surface area contributed by atoms with Gasteiger partial charge < -0.3 is 5.32 Å². The van der Waals surface area contributed by atoms with Crippen molar-refractivity contribution in [2.75, 3.05) is 11.9 Å². The molecule has 0 amide bonds. The molecule has 0 aliphatic rings. The lowest BCUT2D eigenvalue weighted by atomic mass is 10.1. The van der Waals surface area contributed by atoms with Gasteiger partial charge in [-0.2, -0.15) is 0 Å². The molecule has 0 aromatic heterocycles. The average molecular weight is 324 g/mol. The topological polar surface area (TPSA) is 29.1 Å². The lowest BCUT2D eigenvalue weighted by Crippen LogP contribution is -2.13. The van der Waals surface area contributed by atoms with Gasteiger partial charge in [0.15, 0.2) is 5.78 Å². The van der Waals surface area contributed by atoms with Gasteiger partial charge in [-0.25, -0.2) is 4.39 Å². The zero-order valence-electron chi connectivity index (χ0n) is 10.5. The molecule has 100 valence electrons. The van der Waals surface area contributed by atoms with Crippen molar-refractivity contribution in [2.24, 2.45) is 0 Å². The Labute approximate surface area is 122 Å². The molecule has 0 atom stereocenters. The molecular formula is C15H15BrFNO. The number of nitrogens with one attached hydrogen (secondary N) is 1. The molecule has 0 aliphatic heterocycles. The minimum atomic E-state index is -0.287. The van der Waals surface area contributed by atoms with Crippen LogP contribution in [0, 0.1) is 12.7 Å². The molecular weight excluding hydrogens is 309 g/mol. The molecule has 4 heteroatoms. The maximum atomic E-state index is 12.7. The van der Waals surface area contributed by atoms with Gasteiger partial charge in [-0.15, -0.1) is 17.0 Å². The summed E-state index contributed by atoms with van der Waals surface area (Å²) in [6, 6.07) is 13.4. The van der Waals surface area contributed by atoms with Crippen molar-refractivity contribution in [3.63, 3.8) is 0 Å². The molecule has 0 spiro atoms. The Morgan fingerprint density at radius 2 is 1.63 bits per heavy atom. The van der Waals surface area contributed by atoms with Gasteiger partial charge >= 0.3 is 0 Å². The van der Waals surface area contributed by atoms with Gasteiger partial charge in [-0.1, -0.05) is 29.8 Å². The van der Waals surface area contributed by atoms with E-state index in [1.165, 1.54) is 12.1 Å². The number of carbonyl (C=O) groups excluding carboxylic acids is 1. The summed E-state index contributed by atoms with van der Waals surface area (Å²) in [4.78, 5) is 11.9. The molecule has 0 radical (unpaired) electrons. The molecule has 0 aliphatic carbocycles. The van der Waals surface area contributed by atoms with Crippen LogP contribution in [0.4, 0.5) is 10.1 Å².